The minimum atomic E-state index is -3.36. The molecular weight excluding hydrogens is 462 g/mol. The Morgan fingerprint density at radius 2 is 2.03 bits per heavy atom. The molecule has 3 heterocycles. The van der Waals surface area contributed by atoms with Gasteiger partial charge in [-0.25, -0.2) is 13.4 Å². The Balaban J connectivity index is 1.54. The fourth-order valence-corrected chi connectivity index (χ4v) is 5.23. The summed E-state index contributed by atoms with van der Waals surface area (Å²) in [5, 5.41) is 1.95. The summed E-state index contributed by atoms with van der Waals surface area (Å²) >= 11 is 1.59. The molecule has 0 spiro atoms. The average molecular weight is 488 g/mol. The van der Waals surface area contributed by atoms with Gasteiger partial charge in [0.2, 0.25) is 0 Å². The van der Waals surface area contributed by atoms with Gasteiger partial charge in [-0.15, -0.1) is 0 Å². The molecule has 0 amide bonds. The van der Waals surface area contributed by atoms with Crippen molar-refractivity contribution in [2.75, 3.05) is 19.4 Å². The van der Waals surface area contributed by atoms with Crippen LogP contribution in [0.3, 0.4) is 0 Å². The maximum absolute atomic E-state index is 11.8. The third kappa shape index (κ3) is 5.39. The molecule has 2 aromatic heterocycles. The lowest BCUT2D eigenvalue weighted by molar-refractivity contribution is -0.143. The number of nitrogens with zero attached hydrogens (tertiary/aromatic N) is 2. The maximum atomic E-state index is 11.8. The van der Waals surface area contributed by atoms with Crippen molar-refractivity contribution in [1.29, 1.82) is 0 Å². The largest absolute Gasteiger partial charge is 0.466 e. The number of nitrogens with one attached hydrogen (secondary N) is 1. The van der Waals surface area contributed by atoms with Gasteiger partial charge in [0, 0.05) is 22.4 Å². The number of benzene rings is 1. The monoisotopic (exact) mass is 487 g/mol. The number of aliphatic imine (C=N–C) groups is 1. The van der Waals surface area contributed by atoms with Crippen LogP contribution in [-0.4, -0.2) is 54.1 Å². The molecule has 174 valence electrons. The van der Waals surface area contributed by atoms with E-state index in [0.717, 1.165) is 39.9 Å². The number of H-pyrrole nitrogens is 1. The third-order valence-electron chi connectivity index (χ3n) is 5.14. The minimum Gasteiger partial charge on any atom is -0.466 e. The van der Waals surface area contributed by atoms with Crippen molar-refractivity contribution >= 4 is 43.5 Å². The van der Waals surface area contributed by atoms with Crippen molar-refractivity contribution in [3.05, 3.63) is 47.8 Å². The number of thioether (sulfide) groups is 1. The van der Waals surface area contributed by atoms with E-state index in [1.165, 1.54) is 12.3 Å². The number of fused-ring (bicyclic) bond motifs is 1. The van der Waals surface area contributed by atoms with E-state index in [2.05, 4.69) is 21.9 Å². The van der Waals surface area contributed by atoms with Crippen LogP contribution in [0.2, 0.25) is 0 Å². The fraction of sp³-hybridized carbons (Fsp3) is 0.348. The van der Waals surface area contributed by atoms with Crippen LogP contribution in [0.1, 0.15) is 31.5 Å². The first-order chi connectivity index (χ1) is 15.8. The summed E-state index contributed by atoms with van der Waals surface area (Å²) < 4.78 is 34.2. The fourth-order valence-electron chi connectivity index (χ4n) is 3.60. The van der Waals surface area contributed by atoms with Crippen LogP contribution in [-0.2, 0) is 25.8 Å². The smallest absolute Gasteiger partial charge is 0.306 e. The second kappa shape index (κ2) is 9.56. The number of aromatic nitrogens is 2. The van der Waals surface area contributed by atoms with E-state index >= 15 is 0 Å². The lowest BCUT2D eigenvalue weighted by Crippen LogP contribution is -2.14. The number of esters is 1. The van der Waals surface area contributed by atoms with E-state index in [4.69, 9.17) is 9.47 Å². The van der Waals surface area contributed by atoms with Crippen LogP contribution < -0.4 is 4.74 Å². The number of ether oxygens (including phenoxy) is 2. The van der Waals surface area contributed by atoms with Gasteiger partial charge in [0.25, 0.3) is 0 Å². The second-order valence-corrected chi connectivity index (χ2v) is 10.9. The normalized spacial score (nSPS) is 16.1. The van der Waals surface area contributed by atoms with E-state index in [1.54, 1.807) is 24.8 Å². The van der Waals surface area contributed by atoms with Crippen molar-refractivity contribution < 1.29 is 22.7 Å². The Hall–Kier alpha value is -2.85. The van der Waals surface area contributed by atoms with Gasteiger partial charge in [-0.2, -0.15) is 0 Å². The molecule has 0 bridgehead atoms. The molecule has 1 aromatic carbocycles. The lowest BCUT2D eigenvalue weighted by Gasteiger charge is -2.08. The van der Waals surface area contributed by atoms with Crippen LogP contribution in [0, 0.1) is 0 Å². The molecule has 1 aliphatic rings. The highest BCUT2D eigenvalue weighted by Gasteiger charge is 2.25. The number of aromatic amines is 1. The molecule has 0 saturated carbocycles. The highest BCUT2D eigenvalue weighted by molar-refractivity contribution is 8.15. The molecule has 0 saturated heterocycles. The number of carbonyl (C=O) groups excluding carboxylic acids is 1. The summed E-state index contributed by atoms with van der Waals surface area (Å²) in [4.78, 5) is 23.8. The van der Waals surface area contributed by atoms with E-state index in [-0.39, 0.29) is 16.2 Å². The first-order valence-corrected chi connectivity index (χ1v) is 13.4. The first-order valence-electron chi connectivity index (χ1n) is 10.6. The highest BCUT2D eigenvalue weighted by atomic mass is 32.2. The van der Waals surface area contributed by atoms with Gasteiger partial charge in [0.05, 0.1) is 31.5 Å². The molecule has 10 heteroatoms. The Labute approximate surface area is 196 Å². The zero-order valence-corrected chi connectivity index (χ0v) is 20.3. The molecule has 0 fully saturated rings. The Morgan fingerprint density at radius 3 is 2.70 bits per heavy atom. The summed E-state index contributed by atoms with van der Waals surface area (Å²) in [6.45, 7) is 4.84. The molecule has 0 radical (unpaired) electrons. The molecule has 4 rings (SSSR count). The number of hydrogen-bond donors (Lipinski definition) is 1. The number of sulfone groups is 1. The molecule has 8 nitrogen and oxygen atoms in total. The van der Waals surface area contributed by atoms with Gasteiger partial charge in [-0.05, 0) is 49.2 Å². The Kier molecular flexibility index (Phi) is 6.76. The molecule has 1 aliphatic heterocycles. The summed E-state index contributed by atoms with van der Waals surface area (Å²) in [5.41, 5.74) is 3.01. The highest BCUT2D eigenvalue weighted by Crippen LogP contribution is 2.33. The molecule has 3 aromatic rings. The molecule has 1 N–H and O–H groups in total. The molecule has 0 aliphatic carbocycles. The van der Waals surface area contributed by atoms with Crippen molar-refractivity contribution in [1.82, 2.24) is 9.97 Å². The maximum Gasteiger partial charge on any atom is 0.306 e. The van der Waals surface area contributed by atoms with Crippen LogP contribution >= 0.6 is 11.8 Å². The third-order valence-corrected chi connectivity index (χ3v) is 7.36. The topological polar surface area (TPSA) is 111 Å². The number of pyridine rings is 1. The zero-order chi connectivity index (χ0) is 23.6. The van der Waals surface area contributed by atoms with E-state index in [9.17, 15) is 13.2 Å². The van der Waals surface area contributed by atoms with E-state index < -0.39 is 9.84 Å². The molecule has 33 heavy (non-hydrogen) atoms. The summed E-state index contributed by atoms with van der Waals surface area (Å²) in [6.07, 6.45) is 3.66. The minimum absolute atomic E-state index is 0.00549. The van der Waals surface area contributed by atoms with Crippen LogP contribution in [0.15, 0.2) is 46.5 Å². The van der Waals surface area contributed by atoms with Gasteiger partial charge in [-0.1, -0.05) is 18.7 Å². The number of hydrogen-bond acceptors (Lipinski definition) is 8. The van der Waals surface area contributed by atoms with Crippen molar-refractivity contribution in [3.63, 3.8) is 0 Å². The number of rotatable bonds is 8. The van der Waals surface area contributed by atoms with Gasteiger partial charge in [0.1, 0.15) is 16.5 Å². The molecular formula is C23H25N3O5S2. The van der Waals surface area contributed by atoms with Crippen molar-refractivity contribution in [2.24, 2.45) is 4.99 Å². The number of aryl methyl sites for hydroxylation is 1. The summed E-state index contributed by atoms with van der Waals surface area (Å²) in [5.74, 6) is 0.898. The average Bonchev–Trinajstić information content (AvgIpc) is 3.40. The Bertz CT molecular complexity index is 1310. The predicted octanol–water partition coefficient (Wildman–Crippen LogP) is 4.14. The van der Waals surface area contributed by atoms with Gasteiger partial charge in [-0.3, -0.25) is 9.79 Å². The van der Waals surface area contributed by atoms with E-state index in [0.29, 0.717) is 31.1 Å². The standard InChI is InChI=1S/C23H25N3O5S2/c1-4-14-8-17(31-16-6-7-20(24-12-16)33(3,28)29)9-15-10-19(26-22(14)15)23-25-13-18(32-23)11-21(27)30-5-2/h6-10,12,18,26H,4-5,11,13H2,1-3H3. The second-order valence-electron chi connectivity index (χ2n) is 7.68. The van der Waals surface area contributed by atoms with Crippen LogP contribution in [0.25, 0.3) is 10.9 Å². The number of carbonyl (C=O) groups is 1. The first kappa shape index (κ1) is 23.3. The van der Waals surface area contributed by atoms with Crippen LogP contribution in [0.5, 0.6) is 11.5 Å². The van der Waals surface area contributed by atoms with Crippen molar-refractivity contribution in [2.45, 2.75) is 37.0 Å². The predicted molar refractivity (Wildman–Crippen MR) is 129 cm³/mol. The van der Waals surface area contributed by atoms with Gasteiger partial charge in [0.15, 0.2) is 14.9 Å². The Morgan fingerprint density at radius 1 is 1.21 bits per heavy atom. The van der Waals surface area contributed by atoms with Gasteiger partial charge < -0.3 is 14.5 Å². The summed E-state index contributed by atoms with van der Waals surface area (Å²) in [7, 11) is -3.36. The van der Waals surface area contributed by atoms with Crippen LogP contribution in [0.4, 0.5) is 0 Å². The molecule has 1 unspecified atom stereocenters. The zero-order valence-electron chi connectivity index (χ0n) is 18.6. The quantitative estimate of drug-likeness (QED) is 0.476. The molecule has 1 atom stereocenters. The lowest BCUT2D eigenvalue weighted by atomic mass is 10.1. The van der Waals surface area contributed by atoms with Gasteiger partial charge >= 0.3 is 5.97 Å². The summed E-state index contributed by atoms with van der Waals surface area (Å²) in [6, 6.07) is 8.94. The SMILES string of the molecule is CCOC(=O)CC1CN=C(c2cc3cc(Oc4ccc(S(C)(=O)=O)nc4)cc(CC)c3[nH]2)S1. The van der Waals surface area contributed by atoms with Crippen molar-refractivity contribution in [3.8, 4) is 11.5 Å². The van der Waals surface area contributed by atoms with E-state index in [1.807, 2.05) is 18.2 Å².